The van der Waals surface area contributed by atoms with E-state index in [4.69, 9.17) is 4.74 Å². The van der Waals surface area contributed by atoms with Crippen LogP contribution in [0.5, 0.6) is 5.75 Å². The molecule has 13 heteroatoms. The van der Waals surface area contributed by atoms with Crippen LogP contribution in [0.4, 0.5) is 23.2 Å². The van der Waals surface area contributed by atoms with Crippen LogP contribution in [0.1, 0.15) is 46.4 Å². The average molecular weight is 604 g/mol. The molecule has 0 spiro atoms. The topological polar surface area (TPSA) is 101 Å². The van der Waals surface area contributed by atoms with Crippen LogP contribution < -0.4 is 15.4 Å². The van der Waals surface area contributed by atoms with Gasteiger partial charge in [0.05, 0.1) is 31.1 Å². The molecule has 2 aromatic carbocycles. The molecule has 42 heavy (non-hydrogen) atoms. The smallest absolute Gasteiger partial charge is 0.390 e. The minimum atomic E-state index is -4.39. The Bertz CT molecular complexity index is 1640. The maximum atomic E-state index is 14.7. The second-order valence-electron chi connectivity index (χ2n) is 10.1. The summed E-state index contributed by atoms with van der Waals surface area (Å²) in [7, 11) is 1.27. The number of fused-ring (bicyclic) bond motifs is 1. The van der Waals surface area contributed by atoms with E-state index in [2.05, 4.69) is 20.7 Å². The molecule has 1 fully saturated rings. The van der Waals surface area contributed by atoms with Crippen molar-refractivity contribution in [1.29, 1.82) is 0 Å². The van der Waals surface area contributed by atoms with Crippen LogP contribution >= 0.6 is 11.8 Å². The number of carbonyl (C=O) groups is 1. The third kappa shape index (κ3) is 5.88. The number of aromatic nitrogens is 3. The maximum absolute atomic E-state index is 14.7. The molecule has 3 N–H and O–H groups in total. The standard InChI is InChI=1S/C29H29F4N5O3S/c1-16-13-17(7-10-19(16)27(39)36-18-8-9-18)23-15-35-26-22(34-12-11-28(31,32)33)14-24(37-38(23)26)29(40,42-3)20-5-4-6-21(30)25(20)41-2/h4-7,10,13-15,18,34,40H,8-9,11-12H2,1-3H3,(H,36,39). The fourth-order valence-electron chi connectivity index (χ4n) is 4.70. The van der Waals surface area contributed by atoms with Gasteiger partial charge in [0.15, 0.2) is 22.1 Å². The van der Waals surface area contributed by atoms with Crippen molar-refractivity contribution >= 4 is 29.0 Å². The number of para-hydroxylation sites is 1. The van der Waals surface area contributed by atoms with Gasteiger partial charge in [0, 0.05) is 29.3 Å². The third-order valence-electron chi connectivity index (χ3n) is 7.05. The summed E-state index contributed by atoms with van der Waals surface area (Å²) >= 11 is 0.944. The van der Waals surface area contributed by atoms with E-state index < -0.39 is 29.9 Å². The molecule has 1 amide bonds. The zero-order chi connectivity index (χ0) is 30.2. The normalized spacial score (nSPS) is 15.0. The SMILES string of the molecule is COc1c(F)cccc1C(O)(SC)c1cc(NCCC(F)(F)F)c2ncc(-c3ccc(C(=O)NC4CC4)c(C)c3)n2n1. The van der Waals surface area contributed by atoms with Crippen molar-refractivity contribution in [2.45, 2.75) is 43.3 Å². The number of hydrogen-bond acceptors (Lipinski definition) is 7. The minimum Gasteiger partial charge on any atom is -0.493 e. The lowest BCUT2D eigenvalue weighted by atomic mass is 10.0. The van der Waals surface area contributed by atoms with Gasteiger partial charge in [-0.05, 0) is 55.9 Å². The number of hydrogen-bond donors (Lipinski definition) is 3. The van der Waals surface area contributed by atoms with E-state index in [1.165, 1.54) is 42.1 Å². The zero-order valence-corrected chi connectivity index (χ0v) is 23.9. The molecule has 5 rings (SSSR count). The van der Waals surface area contributed by atoms with E-state index in [1.54, 1.807) is 31.4 Å². The molecule has 4 aromatic rings. The second-order valence-corrected chi connectivity index (χ2v) is 11.1. The number of aryl methyl sites for hydroxylation is 1. The first-order valence-electron chi connectivity index (χ1n) is 13.2. The van der Waals surface area contributed by atoms with Crippen LogP contribution in [0.2, 0.25) is 0 Å². The van der Waals surface area contributed by atoms with E-state index in [1.807, 2.05) is 0 Å². The molecule has 1 aliphatic carbocycles. The van der Waals surface area contributed by atoms with Crippen LogP contribution in [0.15, 0.2) is 48.7 Å². The predicted octanol–water partition coefficient (Wildman–Crippen LogP) is 5.67. The Hall–Kier alpha value is -3.84. The third-order valence-corrected chi connectivity index (χ3v) is 8.07. The molecule has 1 saturated carbocycles. The highest BCUT2D eigenvalue weighted by Gasteiger charge is 2.38. The number of ether oxygens (including phenoxy) is 1. The van der Waals surface area contributed by atoms with Crippen molar-refractivity contribution in [3.63, 3.8) is 0 Å². The van der Waals surface area contributed by atoms with Gasteiger partial charge in [-0.15, -0.1) is 11.8 Å². The van der Waals surface area contributed by atoms with Gasteiger partial charge in [-0.3, -0.25) is 4.79 Å². The van der Waals surface area contributed by atoms with E-state index >= 15 is 0 Å². The number of imidazole rings is 1. The molecule has 0 bridgehead atoms. The van der Waals surface area contributed by atoms with E-state index in [0.29, 0.717) is 22.4 Å². The quantitative estimate of drug-likeness (QED) is 0.159. The summed E-state index contributed by atoms with van der Waals surface area (Å²) in [6.45, 7) is 1.36. The molecule has 222 valence electrons. The van der Waals surface area contributed by atoms with Crippen molar-refractivity contribution in [2.24, 2.45) is 0 Å². The lowest BCUT2D eigenvalue weighted by molar-refractivity contribution is -0.131. The number of halogens is 4. The first kappa shape index (κ1) is 29.6. The Balaban J connectivity index is 1.64. The van der Waals surface area contributed by atoms with Crippen LogP contribution in [-0.4, -0.2) is 57.7 Å². The molecular formula is C29H29F4N5O3S. The highest BCUT2D eigenvalue weighted by Crippen LogP contribution is 2.44. The highest BCUT2D eigenvalue weighted by molar-refractivity contribution is 7.99. The number of anilines is 1. The van der Waals surface area contributed by atoms with E-state index in [9.17, 15) is 27.5 Å². The van der Waals surface area contributed by atoms with Crippen LogP contribution in [0.3, 0.4) is 0 Å². The van der Waals surface area contributed by atoms with Gasteiger partial charge in [0.1, 0.15) is 5.69 Å². The van der Waals surface area contributed by atoms with Crippen LogP contribution in [0, 0.1) is 12.7 Å². The number of thioether (sulfide) groups is 1. The number of carbonyl (C=O) groups excluding carboxylic acids is 1. The molecule has 2 heterocycles. The van der Waals surface area contributed by atoms with Crippen molar-refractivity contribution in [3.8, 4) is 17.0 Å². The van der Waals surface area contributed by atoms with Crippen LogP contribution in [0.25, 0.3) is 16.9 Å². The fraction of sp³-hybridized carbons (Fsp3) is 0.345. The molecule has 1 unspecified atom stereocenters. The number of nitrogens with one attached hydrogen (secondary N) is 2. The molecule has 0 aliphatic heterocycles. The Morgan fingerprint density at radius 3 is 2.62 bits per heavy atom. The van der Waals surface area contributed by atoms with E-state index in [-0.39, 0.29) is 40.3 Å². The van der Waals surface area contributed by atoms with Gasteiger partial charge < -0.3 is 20.5 Å². The maximum Gasteiger partial charge on any atom is 0.390 e. The average Bonchev–Trinajstić information content (AvgIpc) is 3.65. The Labute approximate surface area is 243 Å². The summed E-state index contributed by atoms with van der Waals surface area (Å²) in [4.78, 5) is 15.1. The van der Waals surface area contributed by atoms with Crippen molar-refractivity contribution in [3.05, 3.63) is 76.9 Å². The van der Waals surface area contributed by atoms with Crippen LogP contribution in [-0.2, 0) is 4.93 Å². The first-order valence-corrected chi connectivity index (χ1v) is 14.4. The summed E-state index contributed by atoms with van der Waals surface area (Å²) in [5, 5.41) is 22.3. The van der Waals surface area contributed by atoms with Gasteiger partial charge in [0.2, 0.25) is 0 Å². The predicted molar refractivity (Wildman–Crippen MR) is 152 cm³/mol. The van der Waals surface area contributed by atoms with Gasteiger partial charge in [-0.25, -0.2) is 13.9 Å². The number of rotatable bonds is 10. The van der Waals surface area contributed by atoms with Gasteiger partial charge in [-0.1, -0.05) is 18.2 Å². The Kier molecular flexibility index (Phi) is 8.08. The molecule has 0 radical (unpaired) electrons. The number of nitrogens with zero attached hydrogens (tertiary/aromatic N) is 3. The van der Waals surface area contributed by atoms with Crippen molar-refractivity contribution in [1.82, 2.24) is 19.9 Å². The summed E-state index contributed by atoms with van der Waals surface area (Å²) < 4.78 is 60.2. The summed E-state index contributed by atoms with van der Waals surface area (Å²) in [6.07, 6.45) is -0.459. The Morgan fingerprint density at radius 2 is 1.98 bits per heavy atom. The number of amides is 1. The lowest BCUT2D eigenvalue weighted by Gasteiger charge is -2.28. The summed E-state index contributed by atoms with van der Waals surface area (Å²) in [5.41, 5.74) is 2.85. The number of aliphatic hydroxyl groups is 1. The van der Waals surface area contributed by atoms with Gasteiger partial charge >= 0.3 is 6.18 Å². The summed E-state index contributed by atoms with van der Waals surface area (Å²) in [5.74, 6) is -1.05. The highest BCUT2D eigenvalue weighted by atomic mass is 32.2. The van der Waals surface area contributed by atoms with E-state index in [0.717, 1.165) is 24.6 Å². The van der Waals surface area contributed by atoms with Crippen molar-refractivity contribution < 1.29 is 32.2 Å². The zero-order valence-electron chi connectivity index (χ0n) is 23.1. The summed E-state index contributed by atoms with van der Waals surface area (Å²) in [6, 6.07) is 10.9. The second kappa shape index (κ2) is 11.4. The lowest BCUT2D eigenvalue weighted by Crippen LogP contribution is -2.27. The molecule has 1 aliphatic rings. The van der Waals surface area contributed by atoms with Gasteiger partial charge in [0.25, 0.3) is 5.91 Å². The first-order chi connectivity index (χ1) is 19.9. The monoisotopic (exact) mass is 603 g/mol. The number of alkyl halides is 3. The molecule has 8 nitrogen and oxygen atoms in total. The number of benzene rings is 2. The molecule has 0 saturated heterocycles. The minimum absolute atomic E-state index is 0.0114. The van der Waals surface area contributed by atoms with Gasteiger partial charge in [-0.2, -0.15) is 18.3 Å². The fourth-order valence-corrected chi connectivity index (χ4v) is 5.39. The number of methoxy groups -OCH3 is 1. The Morgan fingerprint density at radius 1 is 1.21 bits per heavy atom. The largest absolute Gasteiger partial charge is 0.493 e. The molecule has 1 atom stereocenters. The van der Waals surface area contributed by atoms with Crippen molar-refractivity contribution in [2.75, 3.05) is 25.2 Å². The molecular weight excluding hydrogens is 574 g/mol. The molecule has 2 aromatic heterocycles.